The number of H-pyrrole nitrogens is 1. The number of aliphatic hydroxyl groups excluding tert-OH is 1. The minimum atomic E-state index is -1.22. The Morgan fingerprint density at radius 1 is 1.00 bits per heavy atom. The van der Waals surface area contributed by atoms with Crippen LogP contribution in [0.2, 0.25) is 0 Å². The van der Waals surface area contributed by atoms with Crippen LogP contribution in [0.5, 0.6) is 0 Å². The monoisotopic (exact) mass is 460 g/mol. The number of nitrogens with two attached hydrogens (primary N) is 1. The van der Waals surface area contributed by atoms with Gasteiger partial charge in [0.2, 0.25) is 17.7 Å². The normalized spacial score (nSPS) is 14.4. The van der Waals surface area contributed by atoms with Gasteiger partial charge in [-0.05, 0) is 12.5 Å². The second-order valence-electron chi connectivity index (χ2n) is 7.45. The van der Waals surface area contributed by atoms with Crippen molar-refractivity contribution in [3.8, 4) is 0 Å². The molecule has 0 aliphatic heterocycles. The first-order valence-electron chi connectivity index (χ1n) is 10.2. The molecule has 0 bridgehead atoms. The summed E-state index contributed by atoms with van der Waals surface area (Å²) < 4.78 is 0. The first kappa shape index (κ1) is 25.5. The molecular formula is C21H28N6O6. The van der Waals surface area contributed by atoms with Crippen molar-refractivity contribution in [1.29, 1.82) is 0 Å². The number of nitrogens with one attached hydrogen (secondary N) is 4. The third-order valence-corrected chi connectivity index (χ3v) is 4.79. The molecule has 2 rings (SSSR count). The summed E-state index contributed by atoms with van der Waals surface area (Å²) in [6.07, 6.45) is 2.93. The molecule has 0 saturated carbocycles. The highest BCUT2D eigenvalue weighted by atomic mass is 16.4. The zero-order chi connectivity index (χ0) is 24.4. The van der Waals surface area contributed by atoms with Gasteiger partial charge in [-0.25, -0.2) is 9.78 Å². The molecule has 3 amide bonds. The third-order valence-electron chi connectivity index (χ3n) is 4.79. The molecule has 0 spiro atoms. The van der Waals surface area contributed by atoms with Crippen LogP contribution < -0.4 is 21.7 Å². The summed E-state index contributed by atoms with van der Waals surface area (Å²) in [6, 6.07) is 4.17. The fraction of sp³-hybridized carbons (Fsp3) is 0.381. The molecule has 0 saturated heterocycles. The number of carboxylic acid groups (broad SMARTS) is 1. The van der Waals surface area contributed by atoms with Crippen molar-refractivity contribution < 1.29 is 29.4 Å². The van der Waals surface area contributed by atoms with E-state index in [1.165, 1.54) is 19.4 Å². The summed E-state index contributed by atoms with van der Waals surface area (Å²) >= 11 is 0. The Kier molecular flexibility index (Phi) is 9.51. The van der Waals surface area contributed by atoms with Crippen molar-refractivity contribution in [2.75, 3.05) is 6.61 Å². The second-order valence-corrected chi connectivity index (χ2v) is 7.45. The van der Waals surface area contributed by atoms with Gasteiger partial charge in [0, 0.05) is 24.7 Å². The standard InChI is InChI=1S/C21H28N6O6/c1-12(25-19(30)15(22)10-28)18(29)26-16(8-14-9-23-11-24-14)20(31)27-17(21(32)33)7-13-5-3-2-4-6-13/h2-6,9,11-12,15-17,28H,7-8,10,22H2,1H3,(H,23,24)(H,25,30)(H,26,29)(H,27,31)(H,32,33). The molecule has 1 heterocycles. The predicted octanol–water partition coefficient (Wildman–Crippen LogP) is -1.93. The molecule has 0 aliphatic carbocycles. The predicted molar refractivity (Wildman–Crippen MR) is 117 cm³/mol. The van der Waals surface area contributed by atoms with Gasteiger partial charge in [0.1, 0.15) is 24.2 Å². The Bertz CT molecular complexity index is 936. The zero-order valence-corrected chi connectivity index (χ0v) is 18.0. The van der Waals surface area contributed by atoms with Crippen molar-refractivity contribution in [2.45, 2.75) is 43.9 Å². The van der Waals surface area contributed by atoms with Crippen LogP contribution in [0.4, 0.5) is 0 Å². The second kappa shape index (κ2) is 12.3. The van der Waals surface area contributed by atoms with Crippen molar-refractivity contribution >= 4 is 23.7 Å². The molecule has 33 heavy (non-hydrogen) atoms. The van der Waals surface area contributed by atoms with Crippen molar-refractivity contribution in [3.63, 3.8) is 0 Å². The first-order valence-corrected chi connectivity index (χ1v) is 10.2. The van der Waals surface area contributed by atoms with Crippen LogP contribution in [0.25, 0.3) is 0 Å². The Morgan fingerprint density at radius 2 is 1.67 bits per heavy atom. The SMILES string of the molecule is CC(NC(=O)C(N)CO)C(=O)NC(Cc1cnc[nH]1)C(=O)NC(Cc1ccccc1)C(=O)O. The fourth-order valence-corrected chi connectivity index (χ4v) is 2.91. The minimum Gasteiger partial charge on any atom is -0.480 e. The van der Waals surface area contributed by atoms with Crippen LogP contribution in [-0.4, -0.2) is 74.6 Å². The average molecular weight is 460 g/mol. The van der Waals surface area contributed by atoms with Crippen LogP contribution in [0.15, 0.2) is 42.9 Å². The van der Waals surface area contributed by atoms with E-state index in [2.05, 4.69) is 25.9 Å². The van der Waals surface area contributed by atoms with Crippen LogP contribution in [0.1, 0.15) is 18.2 Å². The van der Waals surface area contributed by atoms with Gasteiger partial charge in [0.05, 0.1) is 12.9 Å². The maximum atomic E-state index is 12.9. The van der Waals surface area contributed by atoms with Gasteiger partial charge < -0.3 is 36.9 Å². The van der Waals surface area contributed by atoms with E-state index in [1.54, 1.807) is 30.3 Å². The summed E-state index contributed by atoms with van der Waals surface area (Å²) in [7, 11) is 0. The third kappa shape index (κ3) is 8.01. The lowest BCUT2D eigenvalue weighted by Crippen LogP contribution is -2.57. The molecule has 12 nitrogen and oxygen atoms in total. The molecule has 0 aliphatic rings. The Labute approximate surface area is 190 Å². The number of carbonyl (C=O) groups excluding carboxylic acids is 3. The van der Waals surface area contributed by atoms with Crippen molar-refractivity contribution in [3.05, 3.63) is 54.1 Å². The Morgan fingerprint density at radius 3 is 2.24 bits per heavy atom. The lowest BCUT2D eigenvalue weighted by Gasteiger charge is -2.23. The number of nitrogens with zero attached hydrogens (tertiary/aromatic N) is 1. The molecule has 178 valence electrons. The topological polar surface area (TPSA) is 200 Å². The average Bonchev–Trinajstić information content (AvgIpc) is 3.31. The molecule has 8 N–H and O–H groups in total. The molecule has 0 fully saturated rings. The van der Waals surface area contributed by atoms with E-state index in [0.29, 0.717) is 5.69 Å². The number of aromatic amines is 1. The van der Waals surface area contributed by atoms with Gasteiger partial charge in [0.15, 0.2) is 0 Å². The Hall–Kier alpha value is -3.77. The van der Waals surface area contributed by atoms with E-state index in [1.807, 2.05) is 0 Å². The van der Waals surface area contributed by atoms with E-state index in [9.17, 15) is 24.3 Å². The number of carbonyl (C=O) groups is 4. The highest BCUT2D eigenvalue weighted by molar-refractivity contribution is 5.94. The van der Waals surface area contributed by atoms with E-state index >= 15 is 0 Å². The molecule has 4 unspecified atom stereocenters. The van der Waals surface area contributed by atoms with Gasteiger partial charge in [-0.15, -0.1) is 0 Å². The number of benzene rings is 1. The highest BCUT2D eigenvalue weighted by Gasteiger charge is 2.29. The highest BCUT2D eigenvalue weighted by Crippen LogP contribution is 2.06. The number of aromatic nitrogens is 2. The molecule has 2 aromatic rings. The van der Waals surface area contributed by atoms with Crippen LogP contribution in [-0.2, 0) is 32.0 Å². The lowest BCUT2D eigenvalue weighted by atomic mass is 10.0. The van der Waals surface area contributed by atoms with Crippen LogP contribution in [0, 0.1) is 0 Å². The maximum absolute atomic E-state index is 12.9. The molecule has 1 aromatic carbocycles. The number of hydrogen-bond acceptors (Lipinski definition) is 7. The lowest BCUT2D eigenvalue weighted by molar-refractivity contribution is -0.142. The van der Waals surface area contributed by atoms with Gasteiger partial charge >= 0.3 is 5.97 Å². The maximum Gasteiger partial charge on any atom is 0.326 e. The van der Waals surface area contributed by atoms with Gasteiger partial charge in [-0.3, -0.25) is 14.4 Å². The summed E-state index contributed by atoms with van der Waals surface area (Å²) in [5.74, 6) is -3.36. The van der Waals surface area contributed by atoms with Gasteiger partial charge in [0.25, 0.3) is 0 Å². The van der Waals surface area contributed by atoms with E-state index in [4.69, 9.17) is 10.8 Å². The number of hydrogen-bond donors (Lipinski definition) is 7. The zero-order valence-electron chi connectivity index (χ0n) is 18.0. The summed E-state index contributed by atoms with van der Waals surface area (Å²) in [5, 5.41) is 25.8. The molecule has 12 heteroatoms. The fourth-order valence-electron chi connectivity index (χ4n) is 2.91. The molecular weight excluding hydrogens is 432 g/mol. The summed E-state index contributed by atoms with van der Waals surface area (Å²) in [5.41, 5.74) is 6.68. The van der Waals surface area contributed by atoms with Gasteiger partial charge in [-0.1, -0.05) is 30.3 Å². The van der Waals surface area contributed by atoms with Crippen LogP contribution >= 0.6 is 0 Å². The van der Waals surface area contributed by atoms with E-state index < -0.39 is 54.5 Å². The Balaban J connectivity index is 2.11. The molecule has 4 atom stereocenters. The number of amides is 3. The number of rotatable bonds is 12. The number of aliphatic hydroxyl groups is 1. The van der Waals surface area contributed by atoms with Gasteiger partial charge in [-0.2, -0.15) is 0 Å². The number of imidazole rings is 1. The molecule has 0 radical (unpaired) electrons. The summed E-state index contributed by atoms with van der Waals surface area (Å²) in [6.45, 7) is 0.793. The van der Waals surface area contributed by atoms with Crippen LogP contribution in [0.3, 0.4) is 0 Å². The summed E-state index contributed by atoms with van der Waals surface area (Å²) in [4.78, 5) is 55.8. The quantitative estimate of drug-likeness (QED) is 0.190. The smallest absolute Gasteiger partial charge is 0.326 e. The van der Waals surface area contributed by atoms with Crippen molar-refractivity contribution in [2.24, 2.45) is 5.73 Å². The molecule has 1 aromatic heterocycles. The van der Waals surface area contributed by atoms with Crippen molar-refractivity contribution in [1.82, 2.24) is 25.9 Å². The minimum absolute atomic E-state index is 0.00602. The van der Waals surface area contributed by atoms with E-state index in [0.717, 1.165) is 5.56 Å². The first-order chi connectivity index (χ1) is 15.7. The number of aliphatic carboxylic acids is 1. The number of carboxylic acids is 1. The van der Waals surface area contributed by atoms with E-state index in [-0.39, 0.29) is 12.8 Å². The largest absolute Gasteiger partial charge is 0.480 e.